The lowest BCUT2D eigenvalue weighted by atomic mass is 10.1. The first-order valence-corrected chi connectivity index (χ1v) is 9.75. The van der Waals surface area contributed by atoms with E-state index in [1.54, 1.807) is 37.4 Å². The molecule has 0 fully saturated rings. The average Bonchev–Trinajstić information content (AvgIpc) is 3.29. The summed E-state index contributed by atoms with van der Waals surface area (Å²) in [5.41, 5.74) is 3.53. The molecule has 4 aromatic rings. The van der Waals surface area contributed by atoms with E-state index in [-0.39, 0.29) is 12.5 Å². The number of carbonyl (C=O) groups is 1. The van der Waals surface area contributed by atoms with Crippen molar-refractivity contribution in [3.63, 3.8) is 0 Å². The predicted octanol–water partition coefficient (Wildman–Crippen LogP) is 3.88. The first kappa shape index (κ1) is 20.2. The minimum atomic E-state index is -0.237. The highest BCUT2D eigenvalue weighted by Crippen LogP contribution is 2.26. The SMILES string of the molecule is COc1ccc(-c2nn(-c3ccccc3)cc2C(=O)NCc2cccnc2OC)cc1. The summed E-state index contributed by atoms with van der Waals surface area (Å²) >= 11 is 0. The van der Waals surface area contributed by atoms with Gasteiger partial charge in [-0.05, 0) is 42.5 Å². The maximum atomic E-state index is 13.1. The minimum Gasteiger partial charge on any atom is -0.497 e. The van der Waals surface area contributed by atoms with Crippen molar-refractivity contribution in [3.05, 3.63) is 90.3 Å². The first-order chi connectivity index (χ1) is 15.2. The Morgan fingerprint density at radius 3 is 2.45 bits per heavy atom. The van der Waals surface area contributed by atoms with E-state index in [9.17, 15) is 4.79 Å². The second-order valence-corrected chi connectivity index (χ2v) is 6.75. The summed E-state index contributed by atoms with van der Waals surface area (Å²) in [4.78, 5) is 17.3. The van der Waals surface area contributed by atoms with Crippen LogP contribution < -0.4 is 14.8 Å². The zero-order chi connectivity index (χ0) is 21.6. The Kier molecular flexibility index (Phi) is 5.93. The van der Waals surface area contributed by atoms with Crippen molar-refractivity contribution in [1.82, 2.24) is 20.1 Å². The summed E-state index contributed by atoms with van der Waals surface area (Å²) in [6, 6.07) is 20.8. The number of aromatic nitrogens is 3. The van der Waals surface area contributed by atoms with E-state index in [4.69, 9.17) is 14.6 Å². The van der Waals surface area contributed by atoms with E-state index in [0.717, 1.165) is 22.6 Å². The van der Waals surface area contributed by atoms with Crippen LogP contribution in [-0.4, -0.2) is 34.9 Å². The van der Waals surface area contributed by atoms with Gasteiger partial charge in [0.2, 0.25) is 5.88 Å². The van der Waals surface area contributed by atoms with Gasteiger partial charge >= 0.3 is 0 Å². The largest absolute Gasteiger partial charge is 0.497 e. The van der Waals surface area contributed by atoms with Crippen LogP contribution in [0.1, 0.15) is 15.9 Å². The van der Waals surface area contributed by atoms with Crippen molar-refractivity contribution >= 4 is 5.91 Å². The maximum absolute atomic E-state index is 13.1. The number of hydrogen-bond donors (Lipinski definition) is 1. The molecule has 1 N–H and O–H groups in total. The molecule has 7 nitrogen and oxygen atoms in total. The molecule has 2 aromatic carbocycles. The van der Waals surface area contributed by atoms with Crippen LogP contribution in [-0.2, 0) is 6.54 Å². The fourth-order valence-corrected chi connectivity index (χ4v) is 3.23. The number of para-hydroxylation sites is 1. The van der Waals surface area contributed by atoms with Crippen LogP contribution >= 0.6 is 0 Å². The summed E-state index contributed by atoms with van der Waals surface area (Å²) in [6.07, 6.45) is 3.39. The molecule has 0 aliphatic rings. The molecule has 0 unspecified atom stereocenters. The third-order valence-electron chi connectivity index (χ3n) is 4.83. The maximum Gasteiger partial charge on any atom is 0.255 e. The van der Waals surface area contributed by atoms with Crippen LogP contribution in [0.25, 0.3) is 16.9 Å². The summed E-state index contributed by atoms with van der Waals surface area (Å²) in [6.45, 7) is 0.286. The Balaban J connectivity index is 1.67. The molecule has 0 bridgehead atoms. The number of methoxy groups -OCH3 is 2. The normalized spacial score (nSPS) is 10.5. The van der Waals surface area contributed by atoms with Crippen LogP contribution in [0.3, 0.4) is 0 Å². The predicted molar refractivity (Wildman–Crippen MR) is 118 cm³/mol. The summed E-state index contributed by atoms with van der Waals surface area (Å²) < 4.78 is 12.2. The van der Waals surface area contributed by atoms with Crippen molar-refractivity contribution in [2.24, 2.45) is 0 Å². The van der Waals surface area contributed by atoms with Gasteiger partial charge in [-0.1, -0.05) is 24.3 Å². The van der Waals surface area contributed by atoms with Crippen LogP contribution in [0.2, 0.25) is 0 Å². The molecule has 0 radical (unpaired) electrons. The van der Waals surface area contributed by atoms with Crippen molar-refractivity contribution in [3.8, 4) is 28.6 Å². The molecule has 0 aliphatic heterocycles. The molecule has 1 amide bonds. The zero-order valence-electron chi connectivity index (χ0n) is 17.3. The van der Waals surface area contributed by atoms with Crippen LogP contribution in [0.15, 0.2) is 79.1 Å². The number of pyridine rings is 1. The second kappa shape index (κ2) is 9.13. The average molecular weight is 414 g/mol. The van der Waals surface area contributed by atoms with Gasteiger partial charge in [-0.2, -0.15) is 5.10 Å². The standard InChI is InChI=1S/C24H22N4O3/c1-30-20-12-10-17(11-13-20)22-21(16-28(27-22)19-8-4-3-5-9-19)23(29)26-15-18-7-6-14-25-24(18)31-2/h3-14,16H,15H2,1-2H3,(H,26,29). The Morgan fingerprint density at radius 2 is 1.74 bits per heavy atom. The number of hydrogen-bond acceptors (Lipinski definition) is 5. The van der Waals surface area contributed by atoms with Gasteiger partial charge < -0.3 is 14.8 Å². The molecular weight excluding hydrogens is 392 g/mol. The van der Waals surface area contributed by atoms with Gasteiger partial charge in [0.15, 0.2) is 0 Å². The monoisotopic (exact) mass is 414 g/mol. The van der Waals surface area contributed by atoms with Gasteiger partial charge in [-0.15, -0.1) is 0 Å². The van der Waals surface area contributed by atoms with E-state index < -0.39 is 0 Å². The first-order valence-electron chi connectivity index (χ1n) is 9.75. The fourth-order valence-electron chi connectivity index (χ4n) is 3.23. The van der Waals surface area contributed by atoms with E-state index >= 15 is 0 Å². The Labute approximate surface area is 180 Å². The quantitative estimate of drug-likeness (QED) is 0.497. The topological polar surface area (TPSA) is 78.3 Å². The van der Waals surface area contributed by atoms with Crippen LogP contribution in [0.4, 0.5) is 0 Å². The third-order valence-corrected chi connectivity index (χ3v) is 4.83. The smallest absolute Gasteiger partial charge is 0.255 e. The lowest BCUT2D eigenvalue weighted by Crippen LogP contribution is -2.23. The molecule has 4 rings (SSSR count). The van der Waals surface area contributed by atoms with Gasteiger partial charge in [0.25, 0.3) is 5.91 Å². The number of nitrogens with zero attached hydrogens (tertiary/aromatic N) is 3. The van der Waals surface area contributed by atoms with E-state index in [0.29, 0.717) is 17.1 Å². The van der Waals surface area contributed by atoms with Gasteiger partial charge in [0.1, 0.15) is 11.4 Å². The second-order valence-electron chi connectivity index (χ2n) is 6.75. The highest BCUT2D eigenvalue weighted by molar-refractivity contribution is 6.00. The summed E-state index contributed by atoms with van der Waals surface area (Å²) in [5.74, 6) is 0.984. The number of nitrogens with one attached hydrogen (secondary N) is 1. The molecule has 0 saturated heterocycles. The van der Waals surface area contributed by atoms with E-state index in [1.165, 1.54) is 0 Å². The molecule has 0 spiro atoms. The van der Waals surface area contributed by atoms with Crippen LogP contribution in [0.5, 0.6) is 11.6 Å². The molecule has 31 heavy (non-hydrogen) atoms. The van der Waals surface area contributed by atoms with E-state index in [1.807, 2.05) is 60.7 Å². The van der Waals surface area contributed by atoms with Crippen molar-refractivity contribution in [2.75, 3.05) is 14.2 Å². The Morgan fingerprint density at radius 1 is 0.968 bits per heavy atom. The molecule has 0 saturated carbocycles. The molecular formula is C24H22N4O3. The number of ether oxygens (including phenoxy) is 2. The number of carbonyl (C=O) groups excluding carboxylic acids is 1. The molecule has 0 atom stereocenters. The Hall–Kier alpha value is -4.13. The molecule has 156 valence electrons. The molecule has 0 aliphatic carbocycles. The van der Waals surface area contributed by atoms with Gasteiger partial charge in [-0.25, -0.2) is 9.67 Å². The number of rotatable bonds is 7. The molecule has 7 heteroatoms. The van der Waals surface area contributed by atoms with E-state index in [2.05, 4.69) is 10.3 Å². The van der Waals surface area contributed by atoms with Gasteiger partial charge in [0.05, 0.1) is 25.5 Å². The molecule has 2 aromatic heterocycles. The highest BCUT2D eigenvalue weighted by Gasteiger charge is 2.19. The third kappa shape index (κ3) is 4.40. The highest BCUT2D eigenvalue weighted by atomic mass is 16.5. The fraction of sp³-hybridized carbons (Fsp3) is 0.125. The number of amides is 1. The lowest BCUT2D eigenvalue weighted by molar-refractivity contribution is 0.0951. The zero-order valence-corrected chi connectivity index (χ0v) is 17.3. The van der Waals surface area contributed by atoms with Gasteiger partial charge in [-0.3, -0.25) is 4.79 Å². The molecule has 2 heterocycles. The lowest BCUT2D eigenvalue weighted by Gasteiger charge is -2.09. The van der Waals surface area contributed by atoms with Crippen molar-refractivity contribution < 1.29 is 14.3 Å². The summed E-state index contributed by atoms with van der Waals surface area (Å²) in [7, 11) is 3.17. The summed E-state index contributed by atoms with van der Waals surface area (Å²) in [5, 5.41) is 7.64. The minimum absolute atomic E-state index is 0.237. The number of benzene rings is 2. The van der Waals surface area contributed by atoms with Crippen molar-refractivity contribution in [2.45, 2.75) is 6.54 Å². The Bertz CT molecular complexity index is 1170. The van der Waals surface area contributed by atoms with Gasteiger partial charge in [0, 0.05) is 30.1 Å². The van der Waals surface area contributed by atoms with Crippen LogP contribution in [0, 0.1) is 0 Å². The van der Waals surface area contributed by atoms with Crippen molar-refractivity contribution in [1.29, 1.82) is 0 Å².